The van der Waals surface area contributed by atoms with E-state index >= 15 is 0 Å². The maximum atomic E-state index is 6.87. The Morgan fingerprint density at radius 1 is 0.333 bits per heavy atom. The van der Waals surface area contributed by atoms with Gasteiger partial charge < -0.3 is 18.6 Å². The van der Waals surface area contributed by atoms with Crippen LogP contribution in [0.2, 0.25) is 0 Å². The fraction of sp³-hybridized carbons (Fsp3) is 0.107. The Kier molecular flexibility index (Phi) is 8.15. The van der Waals surface area contributed by atoms with E-state index in [4.69, 9.17) is 8.83 Å². The maximum absolute atomic E-state index is 6.87. The number of furan rings is 2. The standard InChI is InChI=1S/C56H44N2O2/c1-33-17-24-50(37(5)35(33)3)57(43-13-9-7-10-14-43)45-21-19-39-29-48-47-23-26-52-55(56(47)60-53(48)31-41(39)27-45)49-30-40-20-22-46(28-42(40)32-54(49)59-52)58(44-15-11-8-12-16-44)51-25-18-34(2)36(4)38(51)6/h7-32H,1-6H3. The lowest BCUT2D eigenvalue weighted by Crippen LogP contribution is -2.12. The Labute approximate surface area is 349 Å². The van der Waals surface area contributed by atoms with Gasteiger partial charge in [-0.25, -0.2) is 0 Å². The molecule has 0 aliphatic rings. The second-order valence-electron chi connectivity index (χ2n) is 16.4. The zero-order valence-electron chi connectivity index (χ0n) is 34.7. The quantitative estimate of drug-likeness (QED) is 0.168. The molecule has 0 atom stereocenters. The van der Waals surface area contributed by atoms with E-state index in [2.05, 4.69) is 209 Å². The zero-order chi connectivity index (χ0) is 40.8. The maximum Gasteiger partial charge on any atom is 0.147 e. The van der Waals surface area contributed by atoms with Gasteiger partial charge in [-0.1, -0.05) is 60.7 Å². The lowest BCUT2D eigenvalue weighted by atomic mass is 10.00. The van der Waals surface area contributed by atoms with Crippen molar-refractivity contribution in [2.45, 2.75) is 41.5 Å². The average molecular weight is 777 g/mol. The van der Waals surface area contributed by atoms with E-state index in [1.165, 1.54) is 50.1 Å². The summed E-state index contributed by atoms with van der Waals surface area (Å²) in [5.74, 6) is 0. The first-order valence-electron chi connectivity index (χ1n) is 20.7. The number of hydrogen-bond acceptors (Lipinski definition) is 4. The van der Waals surface area contributed by atoms with Crippen molar-refractivity contribution in [2.24, 2.45) is 0 Å². The number of anilines is 6. The van der Waals surface area contributed by atoms with E-state index in [0.29, 0.717) is 0 Å². The minimum absolute atomic E-state index is 0.817. The molecule has 9 aromatic carbocycles. The van der Waals surface area contributed by atoms with Crippen molar-refractivity contribution in [3.05, 3.63) is 191 Å². The Morgan fingerprint density at radius 3 is 1.37 bits per heavy atom. The van der Waals surface area contributed by atoms with Gasteiger partial charge in [0.25, 0.3) is 0 Å². The fourth-order valence-electron chi connectivity index (χ4n) is 9.21. The van der Waals surface area contributed by atoms with Gasteiger partial charge in [-0.15, -0.1) is 0 Å². The molecule has 0 amide bonds. The number of nitrogens with zero attached hydrogens (tertiary/aromatic N) is 2. The van der Waals surface area contributed by atoms with Crippen LogP contribution >= 0.6 is 0 Å². The lowest BCUT2D eigenvalue weighted by molar-refractivity contribution is 0.663. The number of para-hydroxylation sites is 2. The number of aryl methyl sites for hydroxylation is 2. The van der Waals surface area contributed by atoms with Gasteiger partial charge in [0.2, 0.25) is 0 Å². The first-order valence-corrected chi connectivity index (χ1v) is 20.7. The van der Waals surface area contributed by atoms with E-state index in [0.717, 1.165) is 82.8 Å². The highest BCUT2D eigenvalue weighted by Gasteiger charge is 2.21. The third kappa shape index (κ3) is 5.59. The van der Waals surface area contributed by atoms with Crippen molar-refractivity contribution in [2.75, 3.05) is 9.80 Å². The zero-order valence-corrected chi connectivity index (χ0v) is 34.7. The molecule has 0 saturated carbocycles. The molecule has 0 aliphatic heterocycles. The van der Waals surface area contributed by atoms with Gasteiger partial charge in [0.1, 0.15) is 22.3 Å². The second-order valence-corrected chi connectivity index (χ2v) is 16.4. The largest absolute Gasteiger partial charge is 0.456 e. The molecule has 2 heterocycles. The van der Waals surface area contributed by atoms with Crippen LogP contribution in [0.15, 0.2) is 167 Å². The third-order valence-electron chi connectivity index (χ3n) is 13.0. The molecule has 2 aromatic heterocycles. The van der Waals surface area contributed by atoms with Crippen molar-refractivity contribution >= 4 is 99.5 Å². The van der Waals surface area contributed by atoms with E-state index in [1.807, 2.05) is 0 Å². The van der Waals surface area contributed by atoms with Crippen LogP contribution in [0, 0.1) is 41.5 Å². The van der Waals surface area contributed by atoms with Crippen molar-refractivity contribution in [3.63, 3.8) is 0 Å². The summed E-state index contributed by atoms with van der Waals surface area (Å²) in [6, 6.07) is 56.8. The van der Waals surface area contributed by atoms with Gasteiger partial charge in [-0.2, -0.15) is 0 Å². The summed E-state index contributed by atoms with van der Waals surface area (Å²) < 4.78 is 13.5. The molecule has 0 N–H and O–H groups in total. The lowest BCUT2D eigenvalue weighted by Gasteiger charge is -2.28. The monoisotopic (exact) mass is 776 g/mol. The molecule has 11 rings (SSSR count). The van der Waals surface area contributed by atoms with E-state index in [9.17, 15) is 0 Å². The van der Waals surface area contributed by atoms with Crippen molar-refractivity contribution in [3.8, 4) is 0 Å². The van der Waals surface area contributed by atoms with E-state index in [1.54, 1.807) is 0 Å². The van der Waals surface area contributed by atoms with E-state index < -0.39 is 0 Å². The molecule has 4 heteroatoms. The molecular weight excluding hydrogens is 733 g/mol. The van der Waals surface area contributed by atoms with Crippen molar-refractivity contribution in [1.82, 2.24) is 0 Å². The highest BCUT2D eigenvalue weighted by Crippen LogP contribution is 2.45. The molecule has 0 radical (unpaired) electrons. The average Bonchev–Trinajstić information content (AvgIpc) is 3.82. The summed E-state index contributed by atoms with van der Waals surface area (Å²) in [4.78, 5) is 4.72. The minimum atomic E-state index is 0.817. The Balaban J connectivity index is 1.04. The molecule has 60 heavy (non-hydrogen) atoms. The molecule has 0 fully saturated rings. The predicted octanol–water partition coefficient (Wildman–Crippen LogP) is 16.6. The van der Waals surface area contributed by atoms with Crippen LogP contribution in [0.3, 0.4) is 0 Å². The summed E-state index contributed by atoms with van der Waals surface area (Å²) in [7, 11) is 0. The highest BCUT2D eigenvalue weighted by molar-refractivity contribution is 6.24. The van der Waals surface area contributed by atoms with Crippen LogP contribution in [0.5, 0.6) is 0 Å². The first kappa shape index (κ1) is 35.8. The molecule has 0 aliphatic carbocycles. The summed E-state index contributed by atoms with van der Waals surface area (Å²) in [6.07, 6.45) is 0. The topological polar surface area (TPSA) is 32.8 Å². The number of fused-ring (bicyclic) bond motifs is 9. The summed E-state index contributed by atoms with van der Waals surface area (Å²) in [5, 5.41) is 8.79. The van der Waals surface area contributed by atoms with Crippen molar-refractivity contribution < 1.29 is 8.83 Å². The molecule has 4 nitrogen and oxygen atoms in total. The minimum Gasteiger partial charge on any atom is -0.456 e. The first-order chi connectivity index (χ1) is 29.2. The Hall–Kier alpha value is -7.30. The van der Waals surface area contributed by atoms with Crippen LogP contribution in [-0.2, 0) is 0 Å². The molecule has 0 saturated heterocycles. The predicted molar refractivity (Wildman–Crippen MR) is 254 cm³/mol. The van der Waals surface area contributed by atoms with Gasteiger partial charge in [0.05, 0.1) is 5.39 Å². The summed E-state index contributed by atoms with van der Waals surface area (Å²) in [6.45, 7) is 13.2. The van der Waals surface area contributed by atoms with E-state index in [-0.39, 0.29) is 0 Å². The normalized spacial score (nSPS) is 11.8. The van der Waals surface area contributed by atoms with Crippen LogP contribution in [-0.4, -0.2) is 0 Å². The molecule has 0 spiro atoms. The molecule has 0 bridgehead atoms. The fourth-order valence-corrected chi connectivity index (χ4v) is 9.21. The van der Waals surface area contributed by atoms with Crippen LogP contribution < -0.4 is 9.80 Å². The third-order valence-corrected chi connectivity index (χ3v) is 13.0. The SMILES string of the molecule is Cc1ccc(N(c2ccccc2)c2ccc3cc4c(cc3c2)oc2c4ccc3oc4cc5cc(N(c6ccccc6)c6ccc(C)c(C)c6C)ccc5cc4c32)c(C)c1C. The highest BCUT2D eigenvalue weighted by atomic mass is 16.3. The molecule has 0 unspecified atom stereocenters. The number of benzene rings is 9. The number of hydrogen-bond donors (Lipinski definition) is 0. The smallest absolute Gasteiger partial charge is 0.147 e. The molecule has 290 valence electrons. The molecule has 11 aromatic rings. The van der Waals surface area contributed by atoms with Crippen molar-refractivity contribution in [1.29, 1.82) is 0 Å². The number of rotatable bonds is 6. The summed E-state index contributed by atoms with van der Waals surface area (Å²) in [5.41, 5.74) is 17.9. The van der Waals surface area contributed by atoms with Gasteiger partial charge in [-0.3, -0.25) is 0 Å². The Bertz CT molecular complexity index is 3500. The van der Waals surface area contributed by atoms with Crippen LogP contribution in [0.25, 0.3) is 65.4 Å². The Morgan fingerprint density at radius 2 is 0.833 bits per heavy atom. The molecular formula is C56H44N2O2. The van der Waals surface area contributed by atoms with Crippen LogP contribution in [0.4, 0.5) is 34.1 Å². The van der Waals surface area contributed by atoms with Gasteiger partial charge in [0, 0.05) is 50.3 Å². The summed E-state index contributed by atoms with van der Waals surface area (Å²) >= 11 is 0. The van der Waals surface area contributed by atoms with Gasteiger partial charge in [-0.05, 0) is 194 Å². The second kappa shape index (κ2) is 13.6. The van der Waals surface area contributed by atoms with Gasteiger partial charge in [0.15, 0.2) is 0 Å². The van der Waals surface area contributed by atoms with Gasteiger partial charge >= 0.3 is 0 Å². The van der Waals surface area contributed by atoms with Crippen LogP contribution in [0.1, 0.15) is 33.4 Å².